The molecule has 9 nitrogen and oxygen atoms in total. The van der Waals surface area contributed by atoms with E-state index < -0.39 is 16.1 Å². The first-order valence-electron chi connectivity index (χ1n) is 8.14. The molecule has 1 saturated heterocycles. The lowest BCUT2D eigenvalue weighted by Gasteiger charge is -2.14. The molecule has 10 heteroatoms. The zero-order chi connectivity index (χ0) is 19.7. The number of thioether (sulfide) groups is 1. The molecule has 2 aliphatic heterocycles. The Hall–Kier alpha value is -3.53. The Morgan fingerprint density at radius 3 is 2.82 bits per heavy atom. The quantitative estimate of drug-likeness (QED) is 0.462. The molecule has 0 aromatic heterocycles. The Balaban J connectivity index is 1.47. The molecule has 0 atom stereocenters. The second kappa shape index (κ2) is 7.24. The zero-order valence-electron chi connectivity index (χ0n) is 14.3. The molecule has 1 fully saturated rings. The number of carbonyl (C=O) groups excluding carboxylic acids is 2. The van der Waals surface area contributed by atoms with Gasteiger partial charge in [-0.05, 0) is 41.6 Å². The number of fused-ring (bicyclic) bond motifs is 1. The lowest BCUT2D eigenvalue weighted by molar-refractivity contribution is -0.384. The number of amides is 2. The van der Waals surface area contributed by atoms with Crippen molar-refractivity contribution in [1.82, 2.24) is 4.90 Å². The Bertz CT molecular complexity index is 1020. The fourth-order valence-corrected chi connectivity index (χ4v) is 3.53. The van der Waals surface area contributed by atoms with Gasteiger partial charge in [0.2, 0.25) is 6.79 Å². The largest absolute Gasteiger partial charge is 0.454 e. The SMILES string of the molecule is O=C1S/C(=C\c2ccc3c(c2)OCO3)C(=O)N1CNc1cccc([N+](=O)[O-])c1. The second-order valence-electron chi connectivity index (χ2n) is 5.86. The van der Waals surface area contributed by atoms with Crippen LogP contribution >= 0.6 is 11.8 Å². The molecule has 0 aliphatic carbocycles. The molecule has 2 heterocycles. The van der Waals surface area contributed by atoms with E-state index in [1.165, 1.54) is 18.2 Å². The summed E-state index contributed by atoms with van der Waals surface area (Å²) < 4.78 is 10.6. The van der Waals surface area contributed by atoms with Crippen LogP contribution in [0.2, 0.25) is 0 Å². The molecule has 2 aromatic carbocycles. The number of nitrogens with zero attached hydrogens (tertiary/aromatic N) is 2. The van der Waals surface area contributed by atoms with Gasteiger partial charge in [-0.2, -0.15) is 0 Å². The molecule has 0 saturated carbocycles. The van der Waals surface area contributed by atoms with Crippen LogP contribution in [0, 0.1) is 10.1 Å². The van der Waals surface area contributed by atoms with E-state index in [1.807, 2.05) is 0 Å². The molecular weight excluding hydrogens is 386 g/mol. The van der Waals surface area contributed by atoms with Crippen LogP contribution in [0.15, 0.2) is 47.4 Å². The number of nitro groups is 1. The molecule has 2 aromatic rings. The monoisotopic (exact) mass is 399 g/mol. The molecule has 28 heavy (non-hydrogen) atoms. The summed E-state index contributed by atoms with van der Waals surface area (Å²) in [4.78, 5) is 36.4. The van der Waals surface area contributed by atoms with Crippen molar-refractivity contribution in [2.75, 3.05) is 18.8 Å². The summed E-state index contributed by atoms with van der Waals surface area (Å²) in [5.41, 5.74) is 1.07. The number of hydrogen-bond acceptors (Lipinski definition) is 8. The normalized spacial score (nSPS) is 16.7. The maximum atomic E-state index is 12.6. The number of non-ortho nitro benzene ring substituents is 1. The average molecular weight is 399 g/mol. The summed E-state index contributed by atoms with van der Waals surface area (Å²) in [5.74, 6) is 0.775. The summed E-state index contributed by atoms with van der Waals surface area (Å²) >= 11 is 0.831. The standard InChI is InChI=1S/C18H13N3O6S/c22-17-16(7-11-4-5-14-15(6-11)27-10-26-14)28-18(23)20(17)9-19-12-2-1-3-13(8-12)21(24)25/h1-8,19H,9-10H2/b16-7-. The van der Waals surface area contributed by atoms with Crippen molar-refractivity contribution in [2.24, 2.45) is 0 Å². The lowest BCUT2D eigenvalue weighted by atomic mass is 10.2. The molecule has 2 amide bonds. The van der Waals surface area contributed by atoms with Crippen LogP contribution in [0.1, 0.15) is 5.56 Å². The van der Waals surface area contributed by atoms with Gasteiger partial charge in [0, 0.05) is 17.8 Å². The van der Waals surface area contributed by atoms with E-state index in [1.54, 1.807) is 30.3 Å². The fourth-order valence-electron chi connectivity index (χ4n) is 2.69. The smallest absolute Gasteiger partial charge is 0.295 e. The van der Waals surface area contributed by atoms with Crippen molar-refractivity contribution in [2.45, 2.75) is 0 Å². The minimum Gasteiger partial charge on any atom is -0.454 e. The van der Waals surface area contributed by atoms with E-state index in [0.717, 1.165) is 16.7 Å². The topological polar surface area (TPSA) is 111 Å². The summed E-state index contributed by atoms with van der Waals surface area (Å²) in [5, 5.41) is 13.3. The summed E-state index contributed by atoms with van der Waals surface area (Å²) in [6.45, 7) is 0.0585. The van der Waals surface area contributed by atoms with E-state index in [4.69, 9.17) is 9.47 Å². The van der Waals surface area contributed by atoms with E-state index in [2.05, 4.69) is 5.32 Å². The predicted octanol–water partition coefficient (Wildman–Crippen LogP) is 3.43. The van der Waals surface area contributed by atoms with Crippen LogP contribution in [0.5, 0.6) is 11.5 Å². The van der Waals surface area contributed by atoms with Gasteiger partial charge in [-0.15, -0.1) is 0 Å². The van der Waals surface area contributed by atoms with E-state index in [0.29, 0.717) is 22.7 Å². The maximum Gasteiger partial charge on any atom is 0.295 e. The van der Waals surface area contributed by atoms with Crippen LogP contribution in [-0.4, -0.2) is 34.4 Å². The Labute approximate surface area is 163 Å². The van der Waals surface area contributed by atoms with Crippen molar-refractivity contribution in [3.63, 3.8) is 0 Å². The van der Waals surface area contributed by atoms with Crippen LogP contribution < -0.4 is 14.8 Å². The van der Waals surface area contributed by atoms with Gasteiger partial charge in [0.15, 0.2) is 11.5 Å². The fraction of sp³-hybridized carbons (Fsp3) is 0.111. The first kappa shape index (κ1) is 17.9. The average Bonchev–Trinajstić information content (AvgIpc) is 3.25. The van der Waals surface area contributed by atoms with Crippen LogP contribution in [0.4, 0.5) is 16.2 Å². The van der Waals surface area contributed by atoms with Crippen molar-refractivity contribution < 1.29 is 24.0 Å². The minimum atomic E-state index is -0.514. The van der Waals surface area contributed by atoms with Gasteiger partial charge < -0.3 is 14.8 Å². The zero-order valence-corrected chi connectivity index (χ0v) is 15.1. The highest BCUT2D eigenvalue weighted by Crippen LogP contribution is 2.36. The maximum absolute atomic E-state index is 12.6. The second-order valence-corrected chi connectivity index (χ2v) is 6.86. The molecule has 2 aliphatic rings. The van der Waals surface area contributed by atoms with Gasteiger partial charge in [-0.1, -0.05) is 12.1 Å². The van der Waals surface area contributed by atoms with Gasteiger partial charge in [-0.25, -0.2) is 0 Å². The van der Waals surface area contributed by atoms with Crippen molar-refractivity contribution in [3.05, 3.63) is 63.0 Å². The molecule has 0 radical (unpaired) electrons. The number of benzene rings is 2. The Kier molecular flexibility index (Phi) is 4.62. The molecule has 4 rings (SSSR count). The molecule has 0 unspecified atom stereocenters. The molecule has 0 spiro atoms. The van der Waals surface area contributed by atoms with Crippen molar-refractivity contribution in [1.29, 1.82) is 0 Å². The van der Waals surface area contributed by atoms with E-state index in [-0.39, 0.29) is 24.1 Å². The summed E-state index contributed by atoms with van der Waals surface area (Å²) in [6.07, 6.45) is 1.61. The molecule has 0 bridgehead atoms. The number of hydrogen-bond donors (Lipinski definition) is 1. The first-order chi connectivity index (χ1) is 13.5. The number of carbonyl (C=O) groups is 2. The van der Waals surface area contributed by atoms with E-state index >= 15 is 0 Å². The highest BCUT2D eigenvalue weighted by molar-refractivity contribution is 8.18. The molecule has 1 N–H and O–H groups in total. The molecular formula is C18H13N3O6S. The number of nitro benzene ring substituents is 1. The highest BCUT2D eigenvalue weighted by atomic mass is 32.2. The minimum absolute atomic E-state index is 0.0816. The predicted molar refractivity (Wildman–Crippen MR) is 102 cm³/mol. The van der Waals surface area contributed by atoms with Gasteiger partial charge in [-0.3, -0.25) is 24.6 Å². The summed E-state index contributed by atoms with van der Waals surface area (Å²) in [6, 6.07) is 11.1. The van der Waals surface area contributed by atoms with Gasteiger partial charge >= 0.3 is 0 Å². The Morgan fingerprint density at radius 2 is 2.00 bits per heavy atom. The number of nitrogens with one attached hydrogen (secondary N) is 1. The van der Waals surface area contributed by atoms with Gasteiger partial charge in [0.1, 0.15) is 0 Å². The third kappa shape index (κ3) is 3.49. The highest BCUT2D eigenvalue weighted by Gasteiger charge is 2.35. The number of anilines is 1. The number of imide groups is 1. The molecule has 142 valence electrons. The van der Waals surface area contributed by atoms with Crippen LogP contribution in [-0.2, 0) is 4.79 Å². The number of ether oxygens (including phenoxy) is 2. The van der Waals surface area contributed by atoms with E-state index in [9.17, 15) is 19.7 Å². The first-order valence-corrected chi connectivity index (χ1v) is 8.96. The third-order valence-corrected chi connectivity index (χ3v) is 4.97. The van der Waals surface area contributed by atoms with Crippen LogP contribution in [0.25, 0.3) is 6.08 Å². The van der Waals surface area contributed by atoms with Crippen LogP contribution in [0.3, 0.4) is 0 Å². The third-order valence-electron chi connectivity index (χ3n) is 4.07. The Morgan fingerprint density at radius 1 is 1.18 bits per heavy atom. The number of rotatable bonds is 5. The van der Waals surface area contributed by atoms with Gasteiger partial charge in [0.25, 0.3) is 16.8 Å². The lowest BCUT2D eigenvalue weighted by Crippen LogP contribution is -2.33. The van der Waals surface area contributed by atoms with Crippen molar-refractivity contribution in [3.8, 4) is 11.5 Å². The summed E-state index contributed by atoms with van der Waals surface area (Å²) in [7, 11) is 0. The van der Waals surface area contributed by atoms with Crippen molar-refractivity contribution >= 4 is 40.4 Å². The van der Waals surface area contributed by atoms with Gasteiger partial charge in [0.05, 0.1) is 16.5 Å².